The highest BCUT2D eigenvalue weighted by Crippen LogP contribution is 2.30. The van der Waals surface area contributed by atoms with Crippen LogP contribution in [0.2, 0.25) is 0 Å². The van der Waals surface area contributed by atoms with Crippen molar-refractivity contribution in [3.8, 4) is 22.8 Å². The third kappa shape index (κ3) is 4.49. The van der Waals surface area contributed by atoms with Gasteiger partial charge in [0.1, 0.15) is 11.3 Å². The number of methoxy groups -OCH3 is 1. The van der Waals surface area contributed by atoms with Gasteiger partial charge in [-0.2, -0.15) is 5.10 Å². The van der Waals surface area contributed by atoms with E-state index in [1.165, 1.54) is 0 Å². The predicted octanol–water partition coefficient (Wildman–Crippen LogP) is 3.56. The van der Waals surface area contributed by atoms with Crippen LogP contribution < -0.4 is 9.64 Å². The van der Waals surface area contributed by atoms with Gasteiger partial charge in [-0.25, -0.2) is 14.6 Å². The van der Waals surface area contributed by atoms with Crippen molar-refractivity contribution in [3.63, 3.8) is 0 Å². The van der Waals surface area contributed by atoms with Gasteiger partial charge < -0.3 is 23.7 Å². The summed E-state index contributed by atoms with van der Waals surface area (Å²) in [5.74, 6) is 2.16. The Balaban J connectivity index is 1.40. The summed E-state index contributed by atoms with van der Waals surface area (Å²) in [6.07, 6.45) is 6.04. The topological polar surface area (TPSA) is 79.5 Å². The second kappa shape index (κ2) is 9.67. The molecule has 6 rings (SSSR count). The summed E-state index contributed by atoms with van der Waals surface area (Å²) in [4.78, 5) is 12.2. The lowest BCUT2D eigenvalue weighted by Crippen LogP contribution is -2.36. The Morgan fingerprint density at radius 2 is 1.86 bits per heavy atom. The number of aromatic nitrogens is 5. The third-order valence-corrected chi connectivity index (χ3v) is 6.88. The monoisotopic (exact) mass is 474 g/mol. The van der Waals surface area contributed by atoms with Crippen molar-refractivity contribution in [3.05, 3.63) is 48.9 Å². The number of anilines is 1. The molecule has 2 saturated heterocycles. The number of morpholine rings is 1. The van der Waals surface area contributed by atoms with Crippen molar-refractivity contribution >= 4 is 16.9 Å². The maximum absolute atomic E-state index is 5.60. The van der Waals surface area contributed by atoms with E-state index in [2.05, 4.69) is 15.5 Å². The van der Waals surface area contributed by atoms with Crippen molar-refractivity contribution in [2.45, 2.75) is 19.4 Å². The number of rotatable bonds is 6. The number of hydrogen-bond donors (Lipinski definition) is 0. The molecule has 9 nitrogen and oxygen atoms in total. The lowest BCUT2D eigenvalue weighted by molar-refractivity contribution is 0.0615. The number of imidazole rings is 1. The molecule has 3 aromatic heterocycles. The van der Waals surface area contributed by atoms with Crippen molar-refractivity contribution in [2.75, 3.05) is 51.5 Å². The van der Waals surface area contributed by atoms with Crippen LogP contribution >= 0.6 is 0 Å². The van der Waals surface area contributed by atoms with Crippen LogP contribution in [-0.4, -0.2) is 70.9 Å². The first-order valence-electron chi connectivity index (χ1n) is 12.3. The first-order valence-corrected chi connectivity index (χ1v) is 12.3. The fourth-order valence-corrected chi connectivity index (χ4v) is 4.90. The lowest BCUT2D eigenvalue weighted by Gasteiger charge is -2.29. The van der Waals surface area contributed by atoms with Gasteiger partial charge in [-0.1, -0.05) is 12.1 Å². The summed E-state index contributed by atoms with van der Waals surface area (Å²) >= 11 is 0. The quantitative estimate of drug-likeness (QED) is 0.423. The normalized spacial score (nSPS) is 17.2. The summed E-state index contributed by atoms with van der Waals surface area (Å²) in [6.45, 7) is 5.64. The largest absolute Gasteiger partial charge is 0.497 e. The van der Waals surface area contributed by atoms with Crippen LogP contribution in [0.3, 0.4) is 0 Å². The molecule has 0 aliphatic carbocycles. The fraction of sp³-hybridized carbons (Fsp3) is 0.423. The molecule has 0 saturated carbocycles. The molecule has 0 N–H and O–H groups in total. The molecule has 2 fully saturated rings. The molecule has 0 unspecified atom stereocenters. The minimum Gasteiger partial charge on any atom is -0.497 e. The zero-order valence-corrected chi connectivity index (χ0v) is 20.0. The molecule has 0 radical (unpaired) electrons. The van der Waals surface area contributed by atoms with Crippen molar-refractivity contribution in [1.82, 2.24) is 24.3 Å². The van der Waals surface area contributed by atoms with Gasteiger partial charge >= 0.3 is 0 Å². The second-order valence-corrected chi connectivity index (χ2v) is 9.10. The van der Waals surface area contributed by atoms with E-state index in [1.807, 2.05) is 47.5 Å². The van der Waals surface area contributed by atoms with Gasteiger partial charge in [0, 0.05) is 50.7 Å². The lowest BCUT2D eigenvalue weighted by atomic mass is 10.0. The van der Waals surface area contributed by atoms with Gasteiger partial charge in [-0.3, -0.25) is 0 Å². The highest BCUT2D eigenvalue weighted by molar-refractivity contribution is 5.87. The van der Waals surface area contributed by atoms with Gasteiger partial charge in [0.15, 0.2) is 11.5 Å². The first-order chi connectivity index (χ1) is 17.3. The molecular formula is C26H30N6O3. The zero-order valence-electron chi connectivity index (χ0n) is 20.0. The SMILES string of the molecule is COc1cccc(-c2ccn(-c3cc(N4CCOCC4)c4ncn(CC5CCOCC5)c4n3)n2)c1. The summed E-state index contributed by atoms with van der Waals surface area (Å²) in [7, 11) is 1.67. The molecule has 0 atom stereocenters. The molecule has 4 aromatic rings. The molecule has 5 heterocycles. The van der Waals surface area contributed by atoms with E-state index in [4.69, 9.17) is 29.3 Å². The number of ether oxygens (including phenoxy) is 3. The Morgan fingerprint density at radius 3 is 2.69 bits per heavy atom. The predicted molar refractivity (Wildman–Crippen MR) is 133 cm³/mol. The zero-order chi connectivity index (χ0) is 23.6. The number of benzene rings is 1. The van der Waals surface area contributed by atoms with E-state index in [1.54, 1.807) is 7.11 Å². The van der Waals surface area contributed by atoms with Gasteiger partial charge in [-0.15, -0.1) is 0 Å². The number of hydrogen-bond acceptors (Lipinski definition) is 7. The van der Waals surface area contributed by atoms with Gasteiger partial charge in [0.05, 0.1) is 38.0 Å². The van der Waals surface area contributed by atoms with E-state index in [0.29, 0.717) is 19.1 Å². The third-order valence-electron chi connectivity index (χ3n) is 6.88. The molecule has 9 heteroatoms. The number of nitrogens with zero attached hydrogens (tertiary/aromatic N) is 6. The standard InChI is InChI=1S/C26H30N6O3/c1-33-21-4-2-3-20(15-21)22-5-8-32(29-22)24-16-23(30-9-13-35-14-10-30)25-26(28-24)31(18-27-25)17-19-6-11-34-12-7-19/h2-5,8,15-16,18-19H,6-7,9-14,17H2,1H3. The van der Waals surface area contributed by atoms with Crippen LogP contribution in [0.15, 0.2) is 48.9 Å². The number of fused-ring (bicyclic) bond motifs is 1. The van der Waals surface area contributed by atoms with Crippen LogP contribution in [0.4, 0.5) is 5.69 Å². The fourth-order valence-electron chi connectivity index (χ4n) is 4.90. The first kappa shape index (κ1) is 22.1. The summed E-state index contributed by atoms with van der Waals surface area (Å²) < 4.78 is 20.6. The smallest absolute Gasteiger partial charge is 0.164 e. The Bertz CT molecular complexity index is 1300. The van der Waals surface area contributed by atoms with E-state index in [-0.39, 0.29) is 0 Å². The van der Waals surface area contributed by atoms with E-state index in [9.17, 15) is 0 Å². The second-order valence-electron chi connectivity index (χ2n) is 9.10. The van der Waals surface area contributed by atoms with Gasteiger partial charge in [0.25, 0.3) is 0 Å². The minimum atomic E-state index is 0.572. The maximum Gasteiger partial charge on any atom is 0.164 e. The van der Waals surface area contributed by atoms with Crippen LogP contribution in [0.25, 0.3) is 28.2 Å². The minimum absolute atomic E-state index is 0.572. The van der Waals surface area contributed by atoms with E-state index in [0.717, 1.165) is 85.4 Å². The summed E-state index contributed by atoms with van der Waals surface area (Å²) in [6, 6.07) is 12.0. The number of pyridine rings is 1. The van der Waals surface area contributed by atoms with Gasteiger partial charge in [0.2, 0.25) is 0 Å². The molecule has 0 bridgehead atoms. The highest BCUT2D eigenvalue weighted by atomic mass is 16.5. The van der Waals surface area contributed by atoms with Crippen LogP contribution in [0.5, 0.6) is 5.75 Å². The molecule has 2 aliphatic heterocycles. The molecule has 35 heavy (non-hydrogen) atoms. The van der Waals surface area contributed by atoms with Crippen LogP contribution in [0.1, 0.15) is 12.8 Å². The van der Waals surface area contributed by atoms with Crippen molar-refractivity contribution < 1.29 is 14.2 Å². The molecule has 0 amide bonds. The molecule has 0 spiro atoms. The Kier molecular flexibility index (Phi) is 6.10. The van der Waals surface area contributed by atoms with Crippen molar-refractivity contribution in [1.29, 1.82) is 0 Å². The molecule has 182 valence electrons. The van der Waals surface area contributed by atoms with Crippen LogP contribution in [0, 0.1) is 5.92 Å². The average Bonchev–Trinajstić information content (AvgIpc) is 3.57. The molecule has 2 aliphatic rings. The Hall–Kier alpha value is -3.43. The summed E-state index contributed by atoms with van der Waals surface area (Å²) in [5.41, 5.74) is 4.78. The summed E-state index contributed by atoms with van der Waals surface area (Å²) in [5, 5.41) is 4.86. The Labute approximate surface area is 204 Å². The average molecular weight is 475 g/mol. The van der Waals surface area contributed by atoms with Crippen LogP contribution in [-0.2, 0) is 16.0 Å². The van der Waals surface area contributed by atoms with E-state index >= 15 is 0 Å². The maximum atomic E-state index is 5.60. The van der Waals surface area contributed by atoms with Gasteiger partial charge in [-0.05, 0) is 37.0 Å². The molecule has 1 aromatic carbocycles. The van der Waals surface area contributed by atoms with Crippen molar-refractivity contribution in [2.24, 2.45) is 5.92 Å². The highest BCUT2D eigenvalue weighted by Gasteiger charge is 2.22. The molecular weight excluding hydrogens is 444 g/mol. The Morgan fingerprint density at radius 1 is 1.03 bits per heavy atom. The van der Waals surface area contributed by atoms with E-state index < -0.39 is 0 Å².